The van der Waals surface area contributed by atoms with Crippen molar-refractivity contribution in [3.8, 4) is 0 Å². The number of amides is 1. The molecular weight excluding hydrogens is 214 g/mol. The van der Waals surface area contributed by atoms with Gasteiger partial charge < -0.3 is 10.3 Å². The third kappa shape index (κ3) is 2.42. The molecule has 4 heteroatoms. The molecule has 1 saturated heterocycles. The molecule has 1 heterocycles. The van der Waals surface area contributed by atoms with Crippen LogP contribution < -0.4 is 11.3 Å². The summed E-state index contributed by atoms with van der Waals surface area (Å²) >= 11 is 0. The Bertz CT molecular complexity index is 431. The van der Waals surface area contributed by atoms with Crippen molar-refractivity contribution < 1.29 is 4.79 Å². The molecule has 1 amide bonds. The third-order valence-corrected chi connectivity index (χ3v) is 3.27. The lowest BCUT2D eigenvalue weighted by molar-refractivity contribution is 0.0789. The van der Waals surface area contributed by atoms with Gasteiger partial charge in [0.2, 0.25) is 0 Å². The zero-order valence-corrected chi connectivity index (χ0v) is 10.4. The largest absolute Gasteiger partial charge is 0.338 e. The number of carbonyl (C=O) groups is 1. The minimum atomic E-state index is 0.0716. The van der Waals surface area contributed by atoms with E-state index in [1.807, 2.05) is 30.0 Å². The number of nitrogens with two attached hydrogens (primary N) is 1. The van der Waals surface area contributed by atoms with Gasteiger partial charge in [0.25, 0.3) is 5.91 Å². The van der Waals surface area contributed by atoms with Crippen LogP contribution in [0.4, 0.5) is 5.69 Å². The van der Waals surface area contributed by atoms with E-state index in [1.165, 1.54) is 0 Å². The molecule has 0 aliphatic carbocycles. The normalized spacial score (nSPS) is 19.5. The van der Waals surface area contributed by atoms with Crippen molar-refractivity contribution in [1.29, 1.82) is 0 Å². The van der Waals surface area contributed by atoms with Crippen LogP contribution in [0.5, 0.6) is 0 Å². The maximum Gasteiger partial charge on any atom is 0.256 e. The molecule has 92 valence electrons. The van der Waals surface area contributed by atoms with Gasteiger partial charge in [-0.15, -0.1) is 0 Å². The van der Waals surface area contributed by atoms with Crippen molar-refractivity contribution in [3.05, 3.63) is 29.3 Å². The highest BCUT2D eigenvalue weighted by Gasteiger charge is 2.25. The smallest absolute Gasteiger partial charge is 0.256 e. The minimum absolute atomic E-state index is 0.0716. The zero-order valence-electron chi connectivity index (χ0n) is 10.4. The fourth-order valence-electron chi connectivity index (χ4n) is 2.25. The fourth-order valence-corrected chi connectivity index (χ4v) is 2.25. The van der Waals surface area contributed by atoms with Crippen LogP contribution in [0.15, 0.2) is 18.2 Å². The summed E-state index contributed by atoms with van der Waals surface area (Å²) in [5.41, 5.74) is 5.05. The van der Waals surface area contributed by atoms with E-state index in [0.29, 0.717) is 17.2 Å². The molecule has 0 spiro atoms. The average Bonchev–Trinajstić information content (AvgIpc) is 2.75. The Morgan fingerprint density at radius 1 is 1.53 bits per heavy atom. The number of likely N-dealkylation sites (tertiary alicyclic amines) is 1. The summed E-state index contributed by atoms with van der Waals surface area (Å²) in [6, 6.07) is 5.68. The molecule has 17 heavy (non-hydrogen) atoms. The standard InChI is InChI=1S/C13H19N3O/c1-9-3-4-11(12(7-9)15-14)13(17)16-6-5-10(2)8-16/h3-4,7,10,15H,5-6,8,14H2,1-2H3. The molecule has 1 fully saturated rings. The highest BCUT2D eigenvalue weighted by atomic mass is 16.2. The summed E-state index contributed by atoms with van der Waals surface area (Å²) in [5, 5.41) is 0. The molecule has 1 aromatic rings. The maximum absolute atomic E-state index is 12.3. The number of hydrogen-bond acceptors (Lipinski definition) is 3. The van der Waals surface area contributed by atoms with Gasteiger partial charge in [-0.3, -0.25) is 10.6 Å². The first kappa shape index (κ1) is 11.9. The lowest BCUT2D eigenvalue weighted by Crippen LogP contribution is -2.29. The lowest BCUT2D eigenvalue weighted by Gasteiger charge is -2.18. The average molecular weight is 233 g/mol. The van der Waals surface area contributed by atoms with E-state index < -0.39 is 0 Å². The summed E-state index contributed by atoms with van der Waals surface area (Å²) in [7, 11) is 0. The van der Waals surface area contributed by atoms with Crippen LogP contribution in [-0.2, 0) is 0 Å². The van der Waals surface area contributed by atoms with Crippen LogP contribution in [0.2, 0.25) is 0 Å². The number of hydrogen-bond donors (Lipinski definition) is 2. The van der Waals surface area contributed by atoms with E-state index in [9.17, 15) is 4.79 Å². The van der Waals surface area contributed by atoms with Crippen LogP contribution >= 0.6 is 0 Å². The van der Waals surface area contributed by atoms with Crippen molar-refractivity contribution in [2.45, 2.75) is 20.3 Å². The molecule has 3 N–H and O–H groups in total. The zero-order chi connectivity index (χ0) is 12.4. The molecule has 1 unspecified atom stereocenters. The molecule has 0 saturated carbocycles. The maximum atomic E-state index is 12.3. The SMILES string of the molecule is Cc1ccc(C(=O)N2CCC(C)C2)c(NN)c1. The van der Waals surface area contributed by atoms with E-state index in [0.717, 1.165) is 25.1 Å². The Kier molecular flexibility index (Phi) is 3.33. The number of benzene rings is 1. The van der Waals surface area contributed by atoms with E-state index in [4.69, 9.17) is 5.84 Å². The van der Waals surface area contributed by atoms with E-state index >= 15 is 0 Å². The number of nitrogens with one attached hydrogen (secondary N) is 1. The van der Waals surface area contributed by atoms with Gasteiger partial charge in [-0.1, -0.05) is 13.0 Å². The molecule has 1 aliphatic heterocycles. The molecule has 2 rings (SSSR count). The van der Waals surface area contributed by atoms with Crippen LogP contribution in [-0.4, -0.2) is 23.9 Å². The summed E-state index contributed by atoms with van der Waals surface area (Å²) in [4.78, 5) is 14.2. The van der Waals surface area contributed by atoms with Gasteiger partial charge in [-0.05, 0) is 37.0 Å². The Morgan fingerprint density at radius 3 is 2.88 bits per heavy atom. The first-order valence-corrected chi connectivity index (χ1v) is 5.98. The highest BCUT2D eigenvalue weighted by Crippen LogP contribution is 2.22. The number of nitrogens with zero attached hydrogens (tertiary/aromatic N) is 1. The van der Waals surface area contributed by atoms with Crippen molar-refractivity contribution in [2.24, 2.45) is 11.8 Å². The van der Waals surface area contributed by atoms with Crippen molar-refractivity contribution >= 4 is 11.6 Å². The fraction of sp³-hybridized carbons (Fsp3) is 0.462. The van der Waals surface area contributed by atoms with Gasteiger partial charge in [0.05, 0.1) is 11.3 Å². The van der Waals surface area contributed by atoms with Gasteiger partial charge in [-0.2, -0.15) is 0 Å². The van der Waals surface area contributed by atoms with Gasteiger partial charge in [-0.25, -0.2) is 0 Å². The second-order valence-electron chi connectivity index (χ2n) is 4.84. The minimum Gasteiger partial charge on any atom is -0.338 e. The van der Waals surface area contributed by atoms with Gasteiger partial charge in [0, 0.05) is 13.1 Å². The molecule has 0 radical (unpaired) electrons. The Hall–Kier alpha value is -1.55. The van der Waals surface area contributed by atoms with Crippen molar-refractivity contribution in [1.82, 2.24) is 4.90 Å². The molecule has 4 nitrogen and oxygen atoms in total. The molecular formula is C13H19N3O. The van der Waals surface area contributed by atoms with Crippen molar-refractivity contribution in [2.75, 3.05) is 18.5 Å². The topological polar surface area (TPSA) is 58.4 Å². The number of nitrogen functional groups attached to an aromatic ring is 1. The van der Waals surface area contributed by atoms with Crippen LogP contribution in [0.25, 0.3) is 0 Å². The number of rotatable bonds is 2. The predicted octanol–water partition coefficient (Wildman–Crippen LogP) is 1.76. The van der Waals surface area contributed by atoms with Gasteiger partial charge >= 0.3 is 0 Å². The summed E-state index contributed by atoms with van der Waals surface area (Å²) < 4.78 is 0. The predicted molar refractivity (Wildman–Crippen MR) is 68.7 cm³/mol. The Labute approximate surface area is 102 Å². The number of hydrazine groups is 1. The van der Waals surface area contributed by atoms with Gasteiger partial charge in [0.15, 0.2) is 0 Å². The first-order valence-electron chi connectivity index (χ1n) is 5.98. The van der Waals surface area contributed by atoms with E-state index in [1.54, 1.807) is 0 Å². The van der Waals surface area contributed by atoms with Crippen LogP contribution in [0, 0.1) is 12.8 Å². The number of aryl methyl sites for hydroxylation is 1. The van der Waals surface area contributed by atoms with E-state index in [2.05, 4.69) is 12.3 Å². The molecule has 1 aliphatic rings. The lowest BCUT2D eigenvalue weighted by atomic mass is 10.1. The number of anilines is 1. The second kappa shape index (κ2) is 4.75. The van der Waals surface area contributed by atoms with Crippen LogP contribution in [0.1, 0.15) is 29.3 Å². The highest BCUT2D eigenvalue weighted by molar-refractivity contribution is 5.99. The van der Waals surface area contributed by atoms with E-state index in [-0.39, 0.29) is 5.91 Å². The van der Waals surface area contributed by atoms with Gasteiger partial charge in [0.1, 0.15) is 0 Å². The molecule has 1 atom stereocenters. The molecule has 0 aromatic heterocycles. The van der Waals surface area contributed by atoms with Crippen molar-refractivity contribution in [3.63, 3.8) is 0 Å². The quantitative estimate of drug-likeness (QED) is 0.604. The number of carbonyl (C=O) groups excluding carboxylic acids is 1. The molecule has 1 aromatic carbocycles. The Balaban J connectivity index is 2.24. The monoisotopic (exact) mass is 233 g/mol. The third-order valence-electron chi connectivity index (χ3n) is 3.27. The van der Waals surface area contributed by atoms with Crippen LogP contribution in [0.3, 0.4) is 0 Å². The summed E-state index contributed by atoms with van der Waals surface area (Å²) in [5.74, 6) is 6.13. The summed E-state index contributed by atoms with van der Waals surface area (Å²) in [6.07, 6.45) is 1.09. The second-order valence-corrected chi connectivity index (χ2v) is 4.84. The Morgan fingerprint density at radius 2 is 2.29 bits per heavy atom. The summed E-state index contributed by atoms with van der Waals surface area (Å²) in [6.45, 7) is 5.84. The first-order chi connectivity index (χ1) is 8.11. The molecule has 0 bridgehead atoms.